The van der Waals surface area contributed by atoms with E-state index in [2.05, 4.69) is 5.32 Å². The van der Waals surface area contributed by atoms with Crippen LogP contribution in [0.5, 0.6) is 0 Å². The lowest BCUT2D eigenvalue weighted by molar-refractivity contribution is -0.137. The highest BCUT2D eigenvalue weighted by molar-refractivity contribution is 5.83. The third-order valence-electron chi connectivity index (χ3n) is 3.53. The summed E-state index contributed by atoms with van der Waals surface area (Å²) >= 11 is 0. The minimum atomic E-state index is -0.240. The lowest BCUT2D eigenvalue weighted by Gasteiger charge is -2.32. The molecule has 0 aromatic heterocycles. The maximum Gasteiger partial charge on any atom is 0.239 e. The molecule has 5 nitrogen and oxygen atoms in total. The highest BCUT2D eigenvalue weighted by atomic mass is 16.2. The van der Waals surface area contributed by atoms with Gasteiger partial charge in [-0.3, -0.25) is 14.5 Å². The van der Waals surface area contributed by atoms with Gasteiger partial charge in [0, 0.05) is 19.1 Å². The number of carbonyl (C=O) groups excluding carboxylic acids is 2. The molecular formula is C14H27N3O2. The van der Waals surface area contributed by atoms with Crippen molar-refractivity contribution in [3.63, 3.8) is 0 Å². The Morgan fingerprint density at radius 1 is 1.16 bits per heavy atom. The molecule has 1 aliphatic heterocycles. The fourth-order valence-electron chi connectivity index (χ4n) is 2.30. The Morgan fingerprint density at radius 3 is 2.26 bits per heavy atom. The molecule has 2 amide bonds. The molecule has 110 valence electrons. The van der Waals surface area contributed by atoms with Crippen LogP contribution < -0.4 is 5.32 Å². The summed E-state index contributed by atoms with van der Waals surface area (Å²) in [5.41, 5.74) is 0. The molecule has 1 N–H and O–H groups in total. The molecule has 1 rings (SSSR count). The molecule has 0 unspecified atom stereocenters. The van der Waals surface area contributed by atoms with Crippen LogP contribution in [0.4, 0.5) is 0 Å². The van der Waals surface area contributed by atoms with Gasteiger partial charge in [0.25, 0.3) is 0 Å². The summed E-state index contributed by atoms with van der Waals surface area (Å²) in [7, 11) is 1.83. The lowest BCUT2D eigenvalue weighted by atomic mass is 10.1. The van der Waals surface area contributed by atoms with Gasteiger partial charge in [0.05, 0.1) is 12.6 Å². The Morgan fingerprint density at radius 2 is 1.74 bits per heavy atom. The highest BCUT2D eigenvalue weighted by Crippen LogP contribution is 2.11. The molecule has 0 bridgehead atoms. The Kier molecular flexibility index (Phi) is 6.28. The van der Waals surface area contributed by atoms with Crippen LogP contribution in [0.1, 0.15) is 40.0 Å². The van der Waals surface area contributed by atoms with Crippen molar-refractivity contribution >= 4 is 11.8 Å². The first-order chi connectivity index (χ1) is 8.91. The van der Waals surface area contributed by atoms with Crippen molar-refractivity contribution in [1.29, 1.82) is 0 Å². The number of amides is 2. The predicted molar refractivity (Wildman–Crippen MR) is 75.8 cm³/mol. The Balaban J connectivity index is 2.44. The first-order valence-electron chi connectivity index (χ1n) is 7.20. The summed E-state index contributed by atoms with van der Waals surface area (Å²) < 4.78 is 0. The van der Waals surface area contributed by atoms with Crippen LogP contribution in [-0.2, 0) is 9.59 Å². The molecule has 1 atom stereocenters. The van der Waals surface area contributed by atoms with E-state index in [4.69, 9.17) is 0 Å². The number of rotatable bonds is 5. The van der Waals surface area contributed by atoms with E-state index in [0.717, 1.165) is 25.9 Å². The Hall–Kier alpha value is -1.10. The topological polar surface area (TPSA) is 52.7 Å². The molecule has 0 radical (unpaired) electrons. The van der Waals surface area contributed by atoms with E-state index in [1.807, 2.05) is 37.6 Å². The van der Waals surface area contributed by atoms with Crippen molar-refractivity contribution in [2.24, 2.45) is 0 Å². The average Bonchev–Trinajstić information content (AvgIpc) is 2.36. The van der Waals surface area contributed by atoms with Gasteiger partial charge < -0.3 is 10.2 Å². The Labute approximate surface area is 116 Å². The number of likely N-dealkylation sites (N-methyl/N-ethyl adjacent to an activating group) is 1. The van der Waals surface area contributed by atoms with Crippen molar-refractivity contribution in [2.75, 3.05) is 26.7 Å². The molecule has 0 aliphatic carbocycles. The third-order valence-corrected chi connectivity index (χ3v) is 3.53. The van der Waals surface area contributed by atoms with Crippen molar-refractivity contribution in [1.82, 2.24) is 15.1 Å². The summed E-state index contributed by atoms with van der Waals surface area (Å²) in [6.45, 7) is 7.71. The number of likely N-dealkylation sites (tertiary alicyclic amines) is 1. The normalized spacial score (nSPS) is 17.7. The molecule has 1 heterocycles. The fraction of sp³-hybridized carbons (Fsp3) is 0.857. The summed E-state index contributed by atoms with van der Waals surface area (Å²) in [5, 5.41) is 2.84. The maximum absolute atomic E-state index is 12.3. The van der Waals surface area contributed by atoms with Crippen molar-refractivity contribution in [3.05, 3.63) is 0 Å². The van der Waals surface area contributed by atoms with Crippen LogP contribution in [0, 0.1) is 0 Å². The maximum atomic E-state index is 12.3. The van der Waals surface area contributed by atoms with Crippen LogP contribution in [0.2, 0.25) is 0 Å². The largest absolute Gasteiger partial charge is 0.353 e. The molecule has 1 aliphatic rings. The van der Waals surface area contributed by atoms with Gasteiger partial charge in [0.1, 0.15) is 0 Å². The predicted octanol–water partition coefficient (Wildman–Crippen LogP) is 0.844. The molecule has 0 aromatic rings. The molecule has 19 heavy (non-hydrogen) atoms. The third kappa shape index (κ3) is 5.19. The first kappa shape index (κ1) is 16.0. The van der Waals surface area contributed by atoms with E-state index in [9.17, 15) is 9.59 Å². The summed E-state index contributed by atoms with van der Waals surface area (Å²) in [5.74, 6) is 0.107. The van der Waals surface area contributed by atoms with Crippen molar-refractivity contribution < 1.29 is 9.59 Å². The van der Waals surface area contributed by atoms with E-state index in [1.165, 1.54) is 6.42 Å². The molecule has 0 saturated carbocycles. The molecule has 0 spiro atoms. The van der Waals surface area contributed by atoms with Gasteiger partial charge in [-0.25, -0.2) is 0 Å². The monoisotopic (exact) mass is 269 g/mol. The van der Waals surface area contributed by atoms with Gasteiger partial charge in [0.2, 0.25) is 11.8 Å². The second-order valence-electron chi connectivity index (χ2n) is 5.70. The van der Waals surface area contributed by atoms with E-state index in [1.54, 1.807) is 0 Å². The van der Waals surface area contributed by atoms with Crippen LogP contribution >= 0.6 is 0 Å². The second-order valence-corrected chi connectivity index (χ2v) is 5.70. The van der Waals surface area contributed by atoms with Gasteiger partial charge in [-0.15, -0.1) is 0 Å². The molecule has 1 saturated heterocycles. The fourth-order valence-corrected chi connectivity index (χ4v) is 2.30. The average molecular weight is 269 g/mol. The van der Waals surface area contributed by atoms with E-state index < -0.39 is 0 Å². The van der Waals surface area contributed by atoms with E-state index in [-0.39, 0.29) is 30.4 Å². The van der Waals surface area contributed by atoms with Crippen LogP contribution in [0.3, 0.4) is 0 Å². The number of piperidine rings is 1. The standard InChI is InChI=1S/C14H27N3O2/c1-11(2)15-13(18)10-16(4)12(3)14(19)17-8-6-5-7-9-17/h11-12H,5-10H2,1-4H3,(H,15,18)/t12-/m1/s1. The van der Waals surface area contributed by atoms with Gasteiger partial charge in [-0.2, -0.15) is 0 Å². The number of nitrogens with one attached hydrogen (secondary N) is 1. The summed E-state index contributed by atoms with van der Waals surface area (Å²) in [6.07, 6.45) is 3.40. The van der Waals surface area contributed by atoms with Crippen molar-refractivity contribution in [2.45, 2.75) is 52.1 Å². The molecular weight excluding hydrogens is 242 g/mol. The smallest absolute Gasteiger partial charge is 0.239 e. The summed E-state index contributed by atoms with van der Waals surface area (Å²) in [6, 6.07) is -0.106. The van der Waals surface area contributed by atoms with Crippen LogP contribution in [0.15, 0.2) is 0 Å². The minimum Gasteiger partial charge on any atom is -0.353 e. The minimum absolute atomic E-state index is 0.0317. The van der Waals surface area contributed by atoms with Crippen LogP contribution in [0.25, 0.3) is 0 Å². The van der Waals surface area contributed by atoms with E-state index >= 15 is 0 Å². The summed E-state index contributed by atoms with van der Waals surface area (Å²) in [4.78, 5) is 27.7. The molecule has 5 heteroatoms. The van der Waals surface area contributed by atoms with Crippen LogP contribution in [-0.4, -0.2) is 60.4 Å². The first-order valence-corrected chi connectivity index (χ1v) is 7.20. The number of nitrogens with zero attached hydrogens (tertiary/aromatic N) is 2. The van der Waals surface area contributed by atoms with Gasteiger partial charge in [-0.1, -0.05) is 0 Å². The quantitative estimate of drug-likeness (QED) is 0.805. The number of hydrogen-bond acceptors (Lipinski definition) is 3. The zero-order chi connectivity index (χ0) is 14.4. The van der Waals surface area contributed by atoms with E-state index in [0.29, 0.717) is 0 Å². The molecule has 1 fully saturated rings. The zero-order valence-electron chi connectivity index (χ0n) is 12.6. The zero-order valence-corrected chi connectivity index (χ0v) is 12.6. The van der Waals surface area contributed by atoms with Gasteiger partial charge in [0.15, 0.2) is 0 Å². The Bertz CT molecular complexity index is 312. The number of hydrogen-bond donors (Lipinski definition) is 1. The second kappa shape index (κ2) is 7.48. The highest BCUT2D eigenvalue weighted by Gasteiger charge is 2.25. The number of carbonyl (C=O) groups is 2. The van der Waals surface area contributed by atoms with Crippen molar-refractivity contribution in [3.8, 4) is 0 Å². The van der Waals surface area contributed by atoms with Gasteiger partial charge >= 0.3 is 0 Å². The SMILES string of the molecule is CC(C)NC(=O)CN(C)[C@H](C)C(=O)N1CCCCC1. The van der Waals surface area contributed by atoms with Gasteiger partial charge in [-0.05, 0) is 47.1 Å². The molecule has 0 aromatic carbocycles. The lowest BCUT2D eigenvalue weighted by Crippen LogP contribution is -2.50.